The molecular weight excluding hydrogens is 433 g/mol. The molecule has 2 heterocycles. The molecule has 0 saturated heterocycles. The lowest BCUT2D eigenvalue weighted by molar-refractivity contribution is -0.274. The van der Waals surface area contributed by atoms with Gasteiger partial charge in [0.25, 0.3) is 5.91 Å². The molecule has 0 bridgehead atoms. The second kappa shape index (κ2) is 7.84. The molecule has 10 heteroatoms. The number of halogens is 3. The number of rotatable bonds is 6. The number of ether oxygens (including phenoxy) is 2. The summed E-state index contributed by atoms with van der Waals surface area (Å²) >= 11 is 1.07. The van der Waals surface area contributed by atoms with Crippen LogP contribution in [0.1, 0.15) is 34.6 Å². The number of carbonyl (C=O) groups is 2. The van der Waals surface area contributed by atoms with Gasteiger partial charge in [-0.2, -0.15) is 0 Å². The Balaban J connectivity index is 1.76. The fourth-order valence-corrected chi connectivity index (χ4v) is 4.57. The number of thiophene rings is 1. The van der Waals surface area contributed by atoms with Gasteiger partial charge in [-0.25, -0.2) is 0 Å². The Bertz CT molecular complexity index is 1180. The third-order valence-corrected chi connectivity index (χ3v) is 6.09. The molecule has 1 fully saturated rings. The summed E-state index contributed by atoms with van der Waals surface area (Å²) in [4.78, 5) is 28.8. The largest absolute Gasteiger partial charge is 0.573 e. The van der Waals surface area contributed by atoms with Crippen LogP contribution in [0.15, 0.2) is 36.4 Å². The fourth-order valence-electron chi connectivity index (χ4n) is 3.53. The van der Waals surface area contributed by atoms with Gasteiger partial charge in [0, 0.05) is 27.3 Å². The standard InChI is InChI=1S/C21H17F3N2O4S/c1-2-29-20(28)12-9-11(12)14-4-3-5-15(26-14)17-13-8-10(30-21(22,23)24)6-7-16(13)31-18(17)19(25)27/h3-8,11-12H,2,9H2,1H3,(H2,25,27). The Kier molecular flexibility index (Phi) is 5.34. The molecule has 1 aromatic carbocycles. The highest BCUT2D eigenvalue weighted by Gasteiger charge is 2.46. The molecule has 1 aliphatic rings. The zero-order valence-electron chi connectivity index (χ0n) is 16.2. The van der Waals surface area contributed by atoms with Crippen molar-refractivity contribution >= 4 is 33.3 Å². The highest BCUT2D eigenvalue weighted by atomic mass is 32.1. The Labute approximate surface area is 178 Å². The molecule has 1 amide bonds. The number of nitrogens with zero attached hydrogens (tertiary/aromatic N) is 1. The predicted octanol–water partition coefficient (Wildman–Crippen LogP) is 4.63. The molecule has 2 aromatic heterocycles. The van der Waals surface area contributed by atoms with E-state index in [1.165, 1.54) is 18.2 Å². The van der Waals surface area contributed by atoms with Crippen LogP contribution in [0.5, 0.6) is 5.75 Å². The molecule has 2 atom stereocenters. The zero-order chi connectivity index (χ0) is 22.3. The normalized spacial score (nSPS) is 18.1. The number of aromatic nitrogens is 1. The molecule has 162 valence electrons. The number of amides is 1. The van der Waals surface area contributed by atoms with E-state index >= 15 is 0 Å². The van der Waals surface area contributed by atoms with Crippen molar-refractivity contribution in [1.29, 1.82) is 0 Å². The van der Waals surface area contributed by atoms with Crippen LogP contribution in [0, 0.1) is 5.92 Å². The highest BCUT2D eigenvalue weighted by molar-refractivity contribution is 7.21. The summed E-state index contributed by atoms with van der Waals surface area (Å²) in [6.07, 6.45) is -4.24. The van der Waals surface area contributed by atoms with Gasteiger partial charge in [-0.05, 0) is 43.7 Å². The first-order valence-electron chi connectivity index (χ1n) is 9.44. The molecule has 1 saturated carbocycles. The lowest BCUT2D eigenvalue weighted by Crippen LogP contribution is -2.16. The summed E-state index contributed by atoms with van der Waals surface area (Å²) in [5, 5.41) is 0.378. The van der Waals surface area contributed by atoms with E-state index in [2.05, 4.69) is 9.72 Å². The minimum absolute atomic E-state index is 0.106. The molecule has 6 nitrogen and oxygen atoms in total. The maximum absolute atomic E-state index is 12.7. The van der Waals surface area contributed by atoms with Crippen molar-refractivity contribution in [2.24, 2.45) is 11.7 Å². The number of benzene rings is 1. The summed E-state index contributed by atoms with van der Waals surface area (Å²) in [6.45, 7) is 2.03. The first-order valence-corrected chi connectivity index (χ1v) is 10.3. The van der Waals surface area contributed by atoms with Crippen LogP contribution in [0.3, 0.4) is 0 Å². The van der Waals surface area contributed by atoms with Crippen LogP contribution in [-0.4, -0.2) is 29.8 Å². The SMILES string of the molecule is CCOC(=O)C1CC1c1cccc(-c2c(C(N)=O)sc3ccc(OC(F)(F)F)cc23)n1. The number of alkyl halides is 3. The molecule has 0 aliphatic heterocycles. The second-order valence-corrected chi connectivity index (χ2v) is 8.08. The summed E-state index contributed by atoms with van der Waals surface area (Å²) in [7, 11) is 0. The van der Waals surface area contributed by atoms with Crippen LogP contribution < -0.4 is 10.5 Å². The van der Waals surface area contributed by atoms with Gasteiger partial charge in [-0.15, -0.1) is 24.5 Å². The fraction of sp³-hybridized carbons (Fsp3) is 0.286. The van der Waals surface area contributed by atoms with Gasteiger partial charge in [-0.1, -0.05) is 6.07 Å². The monoisotopic (exact) mass is 450 g/mol. The average Bonchev–Trinajstić information content (AvgIpc) is 3.41. The molecular formula is C21H17F3N2O4S. The van der Waals surface area contributed by atoms with Crippen LogP contribution in [-0.2, 0) is 9.53 Å². The number of primary amides is 1. The van der Waals surface area contributed by atoms with Gasteiger partial charge in [0.15, 0.2) is 0 Å². The van der Waals surface area contributed by atoms with E-state index in [1.807, 2.05) is 0 Å². The minimum atomic E-state index is -4.84. The quantitative estimate of drug-likeness (QED) is 0.553. The maximum Gasteiger partial charge on any atom is 0.573 e. The van der Waals surface area contributed by atoms with Gasteiger partial charge >= 0.3 is 12.3 Å². The second-order valence-electron chi connectivity index (χ2n) is 7.02. The van der Waals surface area contributed by atoms with Crippen molar-refractivity contribution in [3.63, 3.8) is 0 Å². The van der Waals surface area contributed by atoms with Crippen molar-refractivity contribution < 1.29 is 32.2 Å². The van der Waals surface area contributed by atoms with E-state index < -0.39 is 18.0 Å². The Morgan fingerprint density at radius 3 is 2.71 bits per heavy atom. The Hall–Kier alpha value is -3.14. The van der Waals surface area contributed by atoms with E-state index in [9.17, 15) is 22.8 Å². The minimum Gasteiger partial charge on any atom is -0.466 e. The average molecular weight is 450 g/mol. The smallest absolute Gasteiger partial charge is 0.466 e. The number of carbonyl (C=O) groups excluding carboxylic acids is 2. The van der Waals surface area contributed by atoms with E-state index in [4.69, 9.17) is 10.5 Å². The van der Waals surface area contributed by atoms with Crippen molar-refractivity contribution in [2.75, 3.05) is 6.61 Å². The van der Waals surface area contributed by atoms with Gasteiger partial charge in [0.2, 0.25) is 0 Å². The molecule has 1 aliphatic carbocycles. The van der Waals surface area contributed by atoms with Gasteiger partial charge in [-0.3, -0.25) is 14.6 Å². The van der Waals surface area contributed by atoms with Crippen LogP contribution in [0.4, 0.5) is 13.2 Å². The number of fused-ring (bicyclic) bond motifs is 1. The Morgan fingerprint density at radius 2 is 2.03 bits per heavy atom. The molecule has 31 heavy (non-hydrogen) atoms. The number of nitrogens with two attached hydrogens (primary N) is 1. The summed E-state index contributed by atoms with van der Waals surface area (Å²) in [5.41, 5.74) is 6.91. The Morgan fingerprint density at radius 1 is 1.26 bits per heavy atom. The lowest BCUT2D eigenvalue weighted by atomic mass is 10.0. The number of hydrogen-bond donors (Lipinski definition) is 1. The first-order chi connectivity index (χ1) is 14.7. The molecule has 3 aromatic rings. The topological polar surface area (TPSA) is 91.5 Å². The molecule has 2 unspecified atom stereocenters. The molecule has 2 N–H and O–H groups in total. The van der Waals surface area contributed by atoms with Crippen molar-refractivity contribution in [1.82, 2.24) is 4.98 Å². The van der Waals surface area contributed by atoms with Crippen LogP contribution >= 0.6 is 11.3 Å². The molecule has 4 rings (SSSR count). The van der Waals surface area contributed by atoms with Crippen LogP contribution in [0.2, 0.25) is 0 Å². The molecule has 0 spiro atoms. The third kappa shape index (κ3) is 4.34. The predicted molar refractivity (Wildman–Crippen MR) is 108 cm³/mol. The summed E-state index contributed by atoms with van der Waals surface area (Å²) in [5.74, 6) is -1.78. The molecule has 0 radical (unpaired) electrons. The number of hydrogen-bond acceptors (Lipinski definition) is 6. The third-order valence-electron chi connectivity index (χ3n) is 4.90. The van der Waals surface area contributed by atoms with E-state index in [1.54, 1.807) is 25.1 Å². The maximum atomic E-state index is 12.7. The highest BCUT2D eigenvalue weighted by Crippen LogP contribution is 2.48. The number of esters is 1. The van der Waals surface area contributed by atoms with E-state index in [-0.39, 0.29) is 22.7 Å². The number of pyridine rings is 1. The van der Waals surface area contributed by atoms with Crippen molar-refractivity contribution in [2.45, 2.75) is 25.6 Å². The van der Waals surface area contributed by atoms with Crippen molar-refractivity contribution in [3.8, 4) is 17.0 Å². The van der Waals surface area contributed by atoms with Crippen molar-refractivity contribution in [3.05, 3.63) is 47.0 Å². The van der Waals surface area contributed by atoms with Gasteiger partial charge in [0.05, 0.1) is 18.2 Å². The summed E-state index contributed by atoms with van der Waals surface area (Å²) in [6, 6.07) is 8.98. The zero-order valence-corrected chi connectivity index (χ0v) is 17.0. The van der Waals surface area contributed by atoms with Gasteiger partial charge in [0.1, 0.15) is 10.6 Å². The van der Waals surface area contributed by atoms with Gasteiger partial charge < -0.3 is 15.2 Å². The summed E-state index contributed by atoms with van der Waals surface area (Å²) < 4.78 is 47.6. The van der Waals surface area contributed by atoms with Crippen LogP contribution in [0.25, 0.3) is 21.3 Å². The lowest BCUT2D eigenvalue weighted by Gasteiger charge is -2.09. The van der Waals surface area contributed by atoms with E-state index in [0.29, 0.717) is 40.1 Å². The first kappa shape index (κ1) is 21.1. The van der Waals surface area contributed by atoms with E-state index in [0.717, 1.165) is 11.3 Å².